The average Bonchev–Trinajstić information content (AvgIpc) is 2.30. The van der Waals surface area contributed by atoms with Crippen molar-refractivity contribution >= 4 is 5.97 Å². The van der Waals surface area contributed by atoms with Crippen molar-refractivity contribution < 1.29 is 9.90 Å². The molecular weight excluding hydrogens is 212 g/mol. The summed E-state index contributed by atoms with van der Waals surface area (Å²) in [6.07, 6.45) is 0.0618. The summed E-state index contributed by atoms with van der Waals surface area (Å²) < 4.78 is 0. The van der Waals surface area contributed by atoms with Crippen LogP contribution in [0.5, 0.6) is 0 Å². The number of carboxylic acid groups (broad SMARTS) is 1. The highest BCUT2D eigenvalue weighted by atomic mass is 16.4. The maximum absolute atomic E-state index is 10.6. The van der Waals surface area contributed by atoms with Crippen LogP contribution in [0.25, 0.3) is 11.1 Å². The maximum atomic E-state index is 10.6. The van der Waals surface area contributed by atoms with Crippen LogP contribution in [0.2, 0.25) is 0 Å². The first-order valence-electron chi connectivity index (χ1n) is 5.39. The van der Waals surface area contributed by atoms with E-state index in [2.05, 4.69) is 6.92 Å². The standard InChI is InChI=1S/C15H13O2/c1-11-4-2-3-5-14(11)13-8-6-12(7-9-13)10-15(16)17/h2-9H,1,10H2,(H,16,17). The molecule has 2 heteroatoms. The summed E-state index contributed by atoms with van der Waals surface area (Å²) in [6.45, 7) is 3.97. The van der Waals surface area contributed by atoms with Gasteiger partial charge in [-0.3, -0.25) is 4.79 Å². The van der Waals surface area contributed by atoms with Gasteiger partial charge in [-0.25, -0.2) is 0 Å². The molecule has 0 bridgehead atoms. The van der Waals surface area contributed by atoms with E-state index >= 15 is 0 Å². The molecule has 0 aliphatic heterocycles. The van der Waals surface area contributed by atoms with Gasteiger partial charge in [0, 0.05) is 0 Å². The summed E-state index contributed by atoms with van der Waals surface area (Å²) in [7, 11) is 0. The third-order valence-corrected chi connectivity index (χ3v) is 2.64. The minimum absolute atomic E-state index is 0.0618. The quantitative estimate of drug-likeness (QED) is 0.871. The maximum Gasteiger partial charge on any atom is 0.307 e. The Morgan fingerprint density at radius 2 is 1.71 bits per heavy atom. The fourth-order valence-electron chi connectivity index (χ4n) is 1.78. The fourth-order valence-corrected chi connectivity index (χ4v) is 1.78. The molecule has 0 fully saturated rings. The van der Waals surface area contributed by atoms with Crippen LogP contribution in [0.15, 0.2) is 48.5 Å². The normalized spacial score (nSPS) is 10.2. The predicted molar refractivity (Wildman–Crippen MR) is 67.7 cm³/mol. The van der Waals surface area contributed by atoms with E-state index in [0.29, 0.717) is 0 Å². The Morgan fingerprint density at radius 3 is 2.29 bits per heavy atom. The fraction of sp³-hybridized carbons (Fsp3) is 0.0667. The zero-order chi connectivity index (χ0) is 12.3. The molecule has 2 nitrogen and oxygen atoms in total. The number of carboxylic acids is 1. The number of hydrogen-bond donors (Lipinski definition) is 1. The van der Waals surface area contributed by atoms with E-state index in [1.54, 1.807) is 0 Å². The molecule has 0 heterocycles. The summed E-state index contributed by atoms with van der Waals surface area (Å²) in [5, 5.41) is 8.69. The molecule has 0 saturated heterocycles. The Hall–Kier alpha value is -2.09. The van der Waals surface area contributed by atoms with Crippen LogP contribution in [0.3, 0.4) is 0 Å². The van der Waals surface area contributed by atoms with E-state index in [9.17, 15) is 4.79 Å². The van der Waals surface area contributed by atoms with E-state index < -0.39 is 5.97 Å². The highest BCUT2D eigenvalue weighted by molar-refractivity contribution is 5.72. The van der Waals surface area contributed by atoms with Crippen LogP contribution in [0, 0.1) is 6.92 Å². The SMILES string of the molecule is [CH2]c1ccccc1-c1ccc(CC(=O)O)cc1. The van der Waals surface area contributed by atoms with Crippen LogP contribution in [0.4, 0.5) is 0 Å². The average molecular weight is 225 g/mol. The molecule has 2 aromatic carbocycles. The van der Waals surface area contributed by atoms with Gasteiger partial charge in [-0.2, -0.15) is 0 Å². The smallest absolute Gasteiger partial charge is 0.307 e. The van der Waals surface area contributed by atoms with Crippen molar-refractivity contribution in [1.29, 1.82) is 0 Å². The van der Waals surface area contributed by atoms with E-state index in [-0.39, 0.29) is 6.42 Å². The van der Waals surface area contributed by atoms with E-state index in [0.717, 1.165) is 22.3 Å². The molecule has 0 atom stereocenters. The van der Waals surface area contributed by atoms with Crippen molar-refractivity contribution in [3.05, 3.63) is 66.6 Å². The number of carbonyl (C=O) groups is 1. The third kappa shape index (κ3) is 2.72. The number of rotatable bonds is 3. The zero-order valence-corrected chi connectivity index (χ0v) is 9.39. The van der Waals surface area contributed by atoms with E-state index in [1.165, 1.54) is 0 Å². The van der Waals surface area contributed by atoms with Gasteiger partial charge in [0.05, 0.1) is 6.42 Å². The van der Waals surface area contributed by atoms with Crippen LogP contribution in [0.1, 0.15) is 11.1 Å². The van der Waals surface area contributed by atoms with Crippen molar-refractivity contribution in [2.75, 3.05) is 0 Å². The first kappa shape index (κ1) is 11.4. The Morgan fingerprint density at radius 1 is 1.06 bits per heavy atom. The Balaban J connectivity index is 2.30. The van der Waals surface area contributed by atoms with Crippen molar-refractivity contribution in [2.24, 2.45) is 0 Å². The molecule has 0 unspecified atom stereocenters. The lowest BCUT2D eigenvalue weighted by molar-refractivity contribution is -0.136. The second-order valence-corrected chi connectivity index (χ2v) is 3.92. The van der Waals surface area contributed by atoms with Gasteiger partial charge in [-0.05, 0) is 29.2 Å². The molecule has 85 valence electrons. The molecular formula is C15H13O2. The Bertz CT molecular complexity index is 527. The molecule has 0 aromatic heterocycles. The van der Waals surface area contributed by atoms with Crippen LogP contribution < -0.4 is 0 Å². The molecule has 2 aromatic rings. The predicted octanol–water partition coefficient (Wildman–Crippen LogP) is 3.16. The molecule has 0 amide bonds. The lowest BCUT2D eigenvalue weighted by Crippen LogP contribution is -1.99. The summed E-state index contributed by atoms with van der Waals surface area (Å²) in [5.74, 6) is -0.810. The molecule has 1 N–H and O–H groups in total. The number of aliphatic carboxylic acids is 1. The van der Waals surface area contributed by atoms with Crippen LogP contribution >= 0.6 is 0 Å². The van der Waals surface area contributed by atoms with Crippen LogP contribution in [-0.4, -0.2) is 11.1 Å². The topological polar surface area (TPSA) is 37.3 Å². The molecule has 2 rings (SSSR count). The van der Waals surface area contributed by atoms with Gasteiger partial charge in [-0.15, -0.1) is 0 Å². The highest BCUT2D eigenvalue weighted by Crippen LogP contribution is 2.23. The summed E-state index contributed by atoms with van der Waals surface area (Å²) >= 11 is 0. The summed E-state index contributed by atoms with van der Waals surface area (Å²) in [4.78, 5) is 10.6. The highest BCUT2D eigenvalue weighted by Gasteiger charge is 2.03. The van der Waals surface area contributed by atoms with Gasteiger partial charge in [-0.1, -0.05) is 48.5 Å². The van der Waals surface area contributed by atoms with E-state index in [4.69, 9.17) is 5.11 Å². The lowest BCUT2D eigenvalue weighted by Gasteiger charge is -2.06. The molecule has 0 aliphatic carbocycles. The minimum Gasteiger partial charge on any atom is -0.481 e. The monoisotopic (exact) mass is 225 g/mol. The second-order valence-electron chi connectivity index (χ2n) is 3.92. The summed E-state index contributed by atoms with van der Waals surface area (Å²) in [6, 6.07) is 15.4. The second kappa shape index (κ2) is 4.83. The molecule has 0 spiro atoms. The van der Waals surface area contributed by atoms with Gasteiger partial charge in [0.25, 0.3) is 0 Å². The minimum atomic E-state index is -0.810. The molecule has 1 radical (unpaired) electrons. The van der Waals surface area contributed by atoms with Crippen molar-refractivity contribution in [2.45, 2.75) is 6.42 Å². The first-order chi connectivity index (χ1) is 8.16. The molecule has 0 aliphatic rings. The van der Waals surface area contributed by atoms with E-state index in [1.807, 2.05) is 48.5 Å². The van der Waals surface area contributed by atoms with Gasteiger partial charge >= 0.3 is 5.97 Å². The molecule has 0 saturated carbocycles. The largest absolute Gasteiger partial charge is 0.481 e. The van der Waals surface area contributed by atoms with Crippen LogP contribution in [-0.2, 0) is 11.2 Å². The molecule has 17 heavy (non-hydrogen) atoms. The van der Waals surface area contributed by atoms with Gasteiger partial charge in [0.15, 0.2) is 0 Å². The van der Waals surface area contributed by atoms with Gasteiger partial charge in [0.1, 0.15) is 0 Å². The van der Waals surface area contributed by atoms with Crippen molar-refractivity contribution in [3.8, 4) is 11.1 Å². The van der Waals surface area contributed by atoms with Crippen molar-refractivity contribution in [1.82, 2.24) is 0 Å². The van der Waals surface area contributed by atoms with Gasteiger partial charge < -0.3 is 5.11 Å². The Kier molecular flexibility index (Phi) is 3.24. The lowest BCUT2D eigenvalue weighted by atomic mass is 9.99. The third-order valence-electron chi connectivity index (χ3n) is 2.64. The van der Waals surface area contributed by atoms with Crippen molar-refractivity contribution in [3.63, 3.8) is 0 Å². The van der Waals surface area contributed by atoms with Gasteiger partial charge in [0.2, 0.25) is 0 Å². The summed E-state index contributed by atoms with van der Waals surface area (Å²) in [5.41, 5.74) is 3.92. The zero-order valence-electron chi connectivity index (χ0n) is 9.39. The number of hydrogen-bond acceptors (Lipinski definition) is 1. The number of benzene rings is 2. The Labute approximate surface area is 101 Å². The first-order valence-corrected chi connectivity index (χ1v) is 5.39.